The fourth-order valence-electron chi connectivity index (χ4n) is 2.32. The molecule has 0 aliphatic carbocycles. The maximum atomic E-state index is 4.65. The van der Waals surface area contributed by atoms with Crippen molar-refractivity contribution in [1.29, 1.82) is 0 Å². The van der Waals surface area contributed by atoms with Crippen molar-refractivity contribution in [3.8, 4) is 0 Å². The van der Waals surface area contributed by atoms with Crippen LogP contribution in [0.2, 0.25) is 0 Å². The Morgan fingerprint density at radius 1 is 1.26 bits per heavy atom. The summed E-state index contributed by atoms with van der Waals surface area (Å²) in [4.78, 5) is 11.5. The number of hydrogen-bond acceptors (Lipinski definition) is 3. The van der Waals surface area contributed by atoms with Crippen molar-refractivity contribution in [3.63, 3.8) is 0 Å². The molecule has 23 heavy (non-hydrogen) atoms. The quantitative estimate of drug-likeness (QED) is 0.443. The van der Waals surface area contributed by atoms with Gasteiger partial charge in [0.05, 0.1) is 6.54 Å². The molecule has 0 fully saturated rings. The summed E-state index contributed by atoms with van der Waals surface area (Å²) in [6, 6.07) is 4.30. The predicted octanol–water partition coefficient (Wildman–Crippen LogP) is 3.10. The Kier molecular flexibility index (Phi) is 7.13. The number of guanidine groups is 1. The van der Waals surface area contributed by atoms with Crippen molar-refractivity contribution < 1.29 is 0 Å². The van der Waals surface area contributed by atoms with E-state index in [2.05, 4.69) is 51.2 Å². The summed E-state index contributed by atoms with van der Waals surface area (Å²) in [6.45, 7) is 9.84. The van der Waals surface area contributed by atoms with Crippen LogP contribution in [0.25, 0.3) is 0 Å². The molecular formula is C17H27N5S. The van der Waals surface area contributed by atoms with E-state index in [0.717, 1.165) is 50.8 Å². The molecule has 2 rings (SSSR count). The first kappa shape index (κ1) is 17.5. The van der Waals surface area contributed by atoms with Gasteiger partial charge in [-0.3, -0.25) is 0 Å². The largest absolute Gasteiger partial charge is 0.357 e. The first-order valence-electron chi connectivity index (χ1n) is 8.24. The van der Waals surface area contributed by atoms with Crippen molar-refractivity contribution in [2.45, 2.75) is 46.7 Å². The van der Waals surface area contributed by atoms with Crippen LogP contribution in [-0.4, -0.2) is 28.6 Å². The molecule has 0 spiro atoms. The number of thiophene rings is 1. The molecule has 2 N–H and O–H groups in total. The third-order valence-electron chi connectivity index (χ3n) is 3.58. The molecule has 0 amide bonds. The minimum atomic E-state index is 0.738. The molecule has 0 saturated carbocycles. The number of hydrogen-bond donors (Lipinski definition) is 2. The molecule has 2 heterocycles. The Morgan fingerprint density at radius 3 is 2.78 bits per heavy atom. The molecule has 2 aromatic heterocycles. The zero-order valence-electron chi connectivity index (χ0n) is 14.3. The lowest BCUT2D eigenvalue weighted by Crippen LogP contribution is -2.37. The second kappa shape index (κ2) is 9.35. The molecule has 5 nitrogen and oxygen atoms in total. The van der Waals surface area contributed by atoms with E-state index in [4.69, 9.17) is 0 Å². The summed E-state index contributed by atoms with van der Waals surface area (Å²) in [6.07, 6.45) is 6.14. The van der Waals surface area contributed by atoms with Gasteiger partial charge in [-0.05, 0) is 45.7 Å². The zero-order valence-corrected chi connectivity index (χ0v) is 15.1. The Labute approximate surface area is 142 Å². The molecular weight excluding hydrogens is 306 g/mol. The number of rotatable bonds is 8. The first-order chi connectivity index (χ1) is 11.2. The maximum Gasteiger partial charge on any atom is 0.191 e. The number of unbranched alkanes of at least 4 members (excludes halogenated alkanes) is 1. The maximum absolute atomic E-state index is 4.65. The highest BCUT2D eigenvalue weighted by atomic mass is 32.1. The highest BCUT2D eigenvalue weighted by molar-refractivity contribution is 7.11. The zero-order chi connectivity index (χ0) is 16.5. The van der Waals surface area contributed by atoms with Crippen LogP contribution in [0.1, 0.15) is 35.3 Å². The molecule has 2 aromatic rings. The molecule has 0 radical (unpaired) electrons. The van der Waals surface area contributed by atoms with E-state index < -0.39 is 0 Å². The van der Waals surface area contributed by atoms with Gasteiger partial charge in [-0.1, -0.05) is 0 Å². The smallest absolute Gasteiger partial charge is 0.191 e. The summed E-state index contributed by atoms with van der Waals surface area (Å²) >= 11 is 1.81. The van der Waals surface area contributed by atoms with Crippen molar-refractivity contribution in [2.24, 2.45) is 4.99 Å². The van der Waals surface area contributed by atoms with Gasteiger partial charge in [0, 0.05) is 41.8 Å². The van der Waals surface area contributed by atoms with Crippen LogP contribution < -0.4 is 10.6 Å². The Balaban J connectivity index is 1.70. The third kappa shape index (κ3) is 6.06. The van der Waals surface area contributed by atoms with E-state index >= 15 is 0 Å². The lowest BCUT2D eigenvalue weighted by Gasteiger charge is -2.11. The summed E-state index contributed by atoms with van der Waals surface area (Å²) in [7, 11) is 0. The van der Waals surface area contributed by atoms with Gasteiger partial charge in [0.2, 0.25) is 0 Å². The lowest BCUT2D eigenvalue weighted by molar-refractivity contribution is 0.588. The van der Waals surface area contributed by atoms with Crippen LogP contribution >= 0.6 is 11.3 Å². The van der Waals surface area contributed by atoms with Crippen LogP contribution in [0.5, 0.6) is 0 Å². The van der Waals surface area contributed by atoms with Crippen molar-refractivity contribution in [2.75, 3.05) is 13.1 Å². The van der Waals surface area contributed by atoms with Gasteiger partial charge in [0.1, 0.15) is 5.82 Å². The SMILES string of the molecule is CCNC(=NCc1ccc(C)s1)NCCCCn1ccnc1C. The van der Waals surface area contributed by atoms with E-state index in [1.165, 1.54) is 9.75 Å². The van der Waals surface area contributed by atoms with Crippen molar-refractivity contribution in [3.05, 3.63) is 40.1 Å². The number of nitrogens with zero attached hydrogens (tertiary/aromatic N) is 3. The van der Waals surface area contributed by atoms with Gasteiger partial charge >= 0.3 is 0 Å². The minimum absolute atomic E-state index is 0.738. The Bertz CT molecular complexity index is 614. The fraction of sp³-hybridized carbons (Fsp3) is 0.529. The summed E-state index contributed by atoms with van der Waals surface area (Å²) in [5.41, 5.74) is 0. The standard InChI is InChI=1S/C17H27N5S/c1-4-18-17(21-13-16-8-7-14(2)23-16)20-9-5-6-11-22-12-10-19-15(22)3/h7-8,10,12H,4-6,9,11,13H2,1-3H3,(H2,18,20,21). The monoisotopic (exact) mass is 333 g/mol. The van der Waals surface area contributed by atoms with Gasteiger partial charge in [0.15, 0.2) is 5.96 Å². The normalized spacial score (nSPS) is 11.7. The topological polar surface area (TPSA) is 54.2 Å². The van der Waals surface area contributed by atoms with Gasteiger partial charge in [-0.15, -0.1) is 11.3 Å². The third-order valence-corrected chi connectivity index (χ3v) is 4.56. The second-order valence-electron chi connectivity index (χ2n) is 5.51. The van der Waals surface area contributed by atoms with E-state index in [1.54, 1.807) is 0 Å². The van der Waals surface area contributed by atoms with Crippen molar-refractivity contribution in [1.82, 2.24) is 20.2 Å². The highest BCUT2D eigenvalue weighted by Crippen LogP contribution is 2.15. The number of imidazole rings is 1. The summed E-state index contributed by atoms with van der Waals surface area (Å²) in [5.74, 6) is 1.98. The molecule has 0 bridgehead atoms. The molecule has 126 valence electrons. The van der Waals surface area contributed by atoms with Gasteiger partial charge in [-0.2, -0.15) is 0 Å². The molecule has 0 atom stereocenters. The number of aromatic nitrogens is 2. The molecule has 0 aromatic carbocycles. The lowest BCUT2D eigenvalue weighted by atomic mass is 10.3. The number of nitrogens with one attached hydrogen (secondary N) is 2. The van der Waals surface area contributed by atoms with E-state index in [0.29, 0.717) is 0 Å². The predicted molar refractivity (Wildman–Crippen MR) is 98.1 cm³/mol. The second-order valence-corrected chi connectivity index (χ2v) is 6.88. The van der Waals surface area contributed by atoms with Crippen molar-refractivity contribution >= 4 is 17.3 Å². The van der Waals surface area contributed by atoms with E-state index in [-0.39, 0.29) is 0 Å². The molecule has 0 unspecified atom stereocenters. The summed E-state index contributed by atoms with van der Waals surface area (Å²) in [5, 5.41) is 6.71. The minimum Gasteiger partial charge on any atom is -0.357 e. The molecule has 0 aliphatic rings. The average molecular weight is 334 g/mol. The van der Waals surface area contributed by atoms with Crippen LogP contribution in [0.15, 0.2) is 29.5 Å². The number of aryl methyl sites for hydroxylation is 3. The van der Waals surface area contributed by atoms with Gasteiger partial charge in [-0.25, -0.2) is 9.98 Å². The Hall–Kier alpha value is -1.82. The highest BCUT2D eigenvalue weighted by Gasteiger charge is 2.00. The molecule has 0 saturated heterocycles. The molecule has 0 aliphatic heterocycles. The van der Waals surface area contributed by atoms with E-state index in [9.17, 15) is 0 Å². The van der Waals surface area contributed by atoms with Gasteiger partial charge in [0.25, 0.3) is 0 Å². The summed E-state index contributed by atoms with van der Waals surface area (Å²) < 4.78 is 2.19. The van der Waals surface area contributed by atoms with E-state index in [1.807, 2.05) is 30.7 Å². The van der Waals surface area contributed by atoms with Gasteiger partial charge < -0.3 is 15.2 Å². The van der Waals surface area contributed by atoms with Crippen LogP contribution in [-0.2, 0) is 13.1 Å². The average Bonchev–Trinajstić information content (AvgIpc) is 3.13. The first-order valence-corrected chi connectivity index (χ1v) is 9.06. The molecule has 6 heteroatoms. The van der Waals surface area contributed by atoms with Crippen LogP contribution in [0.4, 0.5) is 0 Å². The van der Waals surface area contributed by atoms with Crippen LogP contribution in [0.3, 0.4) is 0 Å². The fourth-order valence-corrected chi connectivity index (χ4v) is 3.14. The Morgan fingerprint density at radius 2 is 2.13 bits per heavy atom. The van der Waals surface area contributed by atoms with Crippen LogP contribution in [0, 0.1) is 13.8 Å². The number of aliphatic imine (C=N–C) groups is 1.